The van der Waals surface area contributed by atoms with Gasteiger partial charge in [-0.1, -0.05) is 19.3 Å². The first-order valence-corrected chi connectivity index (χ1v) is 5.07. The van der Waals surface area contributed by atoms with Crippen LogP contribution in [0, 0.1) is 11.8 Å². The van der Waals surface area contributed by atoms with E-state index in [-0.39, 0.29) is 0 Å². The van der Waals surface area contributed by atoms with Crippen molar-refractivity contribution in [3.63, 3.8) is 0 Å². The summed E-state index contributed by atoms with van der Waals surface area (Å²) in [6.45, 7) is 0. The van der Waals surface area contributed by atoms with Crippen LogP contribution in [0.25, 0.3) is 0 Å². The molecule has 0 aromatic carbocycles. The fraction of sp³-hybridized carbons (Fsp3) is 1.00. The fourth-order valence-electron chi connectivity index (χ4n) is 2.13. The Morgan fingerprint density at radius 3 is 2.36 bits per heavy atom. The molecule has 0 amide bonds. The molecular weight excluding hydrogens is 134 g/mol. The normalized spacial score (nSPS) is 28.1. The van der Waals surface area contributed by atoms with Gasteiger partial charge >= 0.3 is 0 Å². The van der Waals surface area contributed by atoms with E-state index in [4.69, 9.17) is 0 Å². The Morgan fingerprint density at radius 2 is 2.00 bits per heavy atom. The zero-order valence-corrected chi connectivity index (χ0v) is 7.47. The molecule has 64 valence electrons. The van der Waals surface area contributed by atoms with Crippen LogP contribution in [-0.4, -0.2) is 13.1 Å². The van der Waals surface area contributed by atoms with Crippen molar-refractivity contribution in [2.75, 3.05) is 7.05 Å². The number of hydrogen-bond donors (Lipinski definition) is 1. The molecule has 2 aliphatic rings. The van der Waals surface area contributed by atoms with Crippen molar-refractivity contribution in [2.45, 2.75) is 44.6 Å². The predicted octanol–water partition coefficient (Wildman–Crippen LogP) is 2.17. The summed E-state index contributed by atoms with van der Waals surface area (Å²) in [6, 6.07) is 0.861. The van der Waals surface area contributed by atoms with Crippen LogP contribution in [0.2, 0.25) is 0 Å². The second-order valence-electron chi connectivity index (χ2n) is 4.27. The van der Waals surface area contributed by atoms with E-state index in [9.17, 15) is 0 Å². The fourth-order valence-corrected chi connectivity index (χ4v) is 2.13. The number of hydrogen-bond acceptors (Lipinski definition) is 1. The highest BCUT2D eigenvalue weighted by atomic mass is 14.9. The lowest BCUT2D eigenvalue weighted by Gasteiger charge is -2.29. The second kappa shape index (κ2) is 3.14. The van der Waals surface area contributed by atoms with E-state index in [1.807, 2.05) is 0 Å². The van der Waals surface area contributed by atoms with Crippen molar-refractivity contribution in [3.8, 4) is 0 Å². The molecular formula is C10H19N. The first-order valence-electron chi connectivity index (χ1n) is 5.07. The van der Waals surface area contributed by atoms with Crippen molar-refractivity contribution in [1.82, 2.24) is 5.32 Å². The maximum absolute atomic E-state index is 3.46. The molecule has 1 N–H and O–H groups in total. The van der Waals surface area contributed by atoms with Gasteiger partial charge < -0.3 is 5.32 Å². The first kappa shape index (κ1) is 7.60. The maximum Gasteiger partial charge on any atom is 0.00949 e. The Morgan fingerprint density at radius 1 is 1.27 bits per heavy atom. The average Bonchev–Trinajstić information content (AvgIpc) is 2.68. The Balaban J connectivity index is 1.71. The highest BCUT2D eigenvalue weighted by Crippen LogP contribution is 2.39. The zero-order chi connectivity index (χ0) is 7.68. The van der Waals surface area contributed by atoms with Crippen LogP contribution in [0.3, 0.4) is 0 Å². The van der Waals surface area contributed by atoms with Crippen LogP contribution in [0.5, 0.6) is 0 Å². The van der Waals surface area contributed by atoms with Gasteiger partial charge in [0.05, 0.1) is 0 Å². The van der Waals surface area contributed by atoms with Crippen LogP contribution >= 0.6 is 0 Å². The maximum atomic E-state index is 3.46. The molecule has 0 aromatic heterocycles. The Hall–Kier alpha value is -0.0400. The highest BCUT2D eigenvalue weighted by molar-refractivity contribution is 4.88. The molecule has 2 fully saturated rings. The quantitative estimate of drug-likeness (QED) is 0.652. The molecule has 0 aliphatic heterocycles. The van der Waals surface area contributed by atoms with Crippen LogP contribution < -0.4 is 5.32 Å². The van der Waals surface area contributed by atoms with Crippen molar-refractivity contribution in [1.29, 1.82) is 0 Å². The standard InChI is InChI=1S/C10H19N/c1-11-10(9-5-6-9)7-8-3-2-4-8/h8-11H,2-7H2,1H3. The van der Waals surface area contributed by atoms with Crippen molar-refractivity contribution in [3.05, 3.63) is 0 Å². The average molecular weight is 153 g/mol. The minimum atomic E-state index is 0.861. The lowest BCUT2D eigenvalue weighted by molar-refractivity contribution is 0.254. The van der Waals surface area contributed by atoms with Crippen molar-refractivity contribution in [2.24, 2.45) is 11.8 Å². The third kappa shape index (κ3) is 1.76. The van der Waals surface area contributed by atoms with Gasteiger partial charge in [-0.05, 0) is 38.1 Å². The largest absolute Gasteiger partial charge is 0.317 e. The predicted molar refractivity (Wildman–Crippen MR) is 47.5 cm³/mol. The molecule has 0 heterocycles. The van der Waals surface area contributed by atoms with E-state index in [0.717, 1.165) is 17.9 Å². The highest BCUT2D eigenvalue weighted by Gasteiger charge is 2.32. The van der Waals surface area contributed by atoms with Gasteiger partial charge in [-0.25, -0.2) is 0 Å². The third-order valence-electron chi connectivity index (χ3n) is 3.37. The number of nitrogens with one attached hydrogen (secondary N) is 1. The van der Waals surface area contributed by atoms with Gasteiger partial charge in [0.2, 0.25) is 0 Å². The molecule has 1 nitrogen and oxygen atoms in total. The van der Waals surface area contributed by atoms with E-state index >= 15 is 0 Å². The molecule has 0 bridgehead atoms. The van der Waals surface area contributed by atoms with Crippen LogP contribution in [0.4, 0.5) is 0 Å². The third-order valence-corrected chi connectivity index (χ3v) is 3.37. The summed E-state index contributed by atoms with van der Waals surface area (Å²) in [4.78, 5) is 0. The summed E-state index contributed by atoms with van der Waals surface area (Å²) >= 11 is 0. The molecule has 1 unspecified atom stereocenters. The van der Waals surface area contributed by atoms with E-state index < -0.39 is 0 Å². The van der Waals surface area contributed by atoms with E-state index in [2.05, 4.69) is 12.4 Å². The second-order valence-corrected chi connectivity index (χ2v) is 4.27. The minimum absolute atomic E-state index is 0.861. The van der Waals surface area contributed by atoms with E-state index in [0.29, 0.717) is 0 Å². The zero-order valence-electron chi connectivity index (χ0n) is 7.47. The smallest absolute Gasteiger partial charge is 0.00949 e. The molecule has 2 aliphatic carbocycles. The topological polar surface area (TPSA) is 12.0 Å². The lowest BCUT2D eigenvalue weighted by Crippen LogP contribution is -2.31. The van der Waals surface area contributed by atoms with Crippen molar-refractivity contribution < 1.29 is 0 Å². The van der Waals surface area contributed by atoms with Gasteiger partial charge in [-0.15, -0.1) is 0 Å². The minimum Gasteiger partial charge on any atom is -0.317 e. The molecule has 0 spiro atoms. The van der Waals surface area contributed by atoms with E-state index in [1.54, 1.807) is 0 Å². The molecule has 0 aromatic rings. The van der Waals surface area contributed by atoms with Crippen LogP contribution in [-0.2, 0) is 0 Å². The molecule has 2 saturated carbocycles. The van der Waals surface area contributed by atoms with Gasteiger partial charge in [0, 0.05) is 6.04 Å². The Labute approximate surface area is 69.6 Å². The molecule has 1 heteroatoms. The molecule has 0 radical (unpaired) electrons. The first-order chi connectivity index (χ1) is 5.40. The molecule has 11 heavy (non-hydrogen) atoms. The summed E-state index contributed by atoms with van der Waals surface area (Å²) in [6.07, 6.45) is 8.93. The summed E-state index contributed by atoms with van der Waals surface area (Å²) in [5.41, 5.74) is 0. The van der Waals surface area contributed by atoms with Gasteiger partial charge in [0.15, 0.2) is 0 Å². The monoisotopic (exact) mass is 153 g/mol. The van der Waals surface area contributed by atoms with Crippen LogP contribution in [0.15, 0.2) is 0 Å². The molecule has 0 saturated heterocycles. The summed E-state index contributed by atoms with van der Waals surface area (Å²) < 4.78 is 0. The number of rotatable bonds is 4. The molecule has 1 atom stereocenters. The summed E-state index contributed by atoms with van der Waals surface area (Å²) in [5.74, 6) is 2.12. The van der Waals surface area contributed by atoms with Gasteiger partial charge in [-0.3, -0.25) is 0 Å². The van der Waals surface area contributed by atoms with Gasteiger partial charge in [0.1, 0.15) is 0 Å². The van der Waals surface area contributed by atoms with E-state index in [1.165, 1.54) is 38.5 Å². The van der Waals surface area contributed by atoms with Crippen LogP contribution in [0.1, 0.15) is 38.5 Å². The van der Waals surface area contributed by atoms with Crippen molar-refractivity contribution >= 4 is 0 Å². The Bertz CT molecular complexity index is 125. The summed E-state index contributed by atoms with van der Waals surface area (Å²) in [5, 5.41) is 3.46. The Kier molecular flexibility index (Phi) is 2.17. The van der Waals surface area contributed by atoms with Gasteiger partial charge in [-0.2, -0.15) is 0 Å². The molecule has 2 rings (SSSR count). The van der Waals surface area contributed by atoms with Gasteiger partial charge in [0.25, 0.3) is 0 Å². The SMILES string of the molecule is CNC(CC1CCC1)C1CC1. The lowest BCUT2D eigenvalue weighted by atomic mass is 9.80. The summed E-state index contributed by atoms with van der Waals surface area (Å²) in [7, 11) is 2.13.